The van der Waals surface area contributed by atoms with Crippen LogP contribution in [0.2, 0.25) is 0 Å². The summed E-state index contributed by atoms with van der Waals surface area (Å²) in [4.78, 5) is 0. The van der Waals surface area contributed by atoms with Crippen LogP contribution in [0.3, 0.4) is 0 Å². The summed E-state index contributed by atoms with van der Waals surface area (Å²) < 4.78 is 10.9. The predicted octanol–water partition coefficient (Wildman–Crippen LogP) is 2.48. The number of hydrogen-bond donors (Lipinski definition) is 0. The lowest BCUT2D eigenvalue weighted by atomic mass is 10.0. The van der Waals surface area contributed by atoms with Gasteiger partial charge in [0.2, 0.25) is 0 Å². The third kappa shape index (κ3) is 2.13. The van der Waals surface area contributed by atoms with E-state index in [2.05, 4.69) is 18.2 Å². The van der Waals surface area contributed by atoms with E-state index in [1.807, 2.05) is 0 Å². The third-order valence-electron chi connectivity index (χ3n) is 3.52. The van der Waals surface area contributed by atoms with Crippen molar-refractivity contribution in [2.75, 3.05) is 13.2 Å². The van der Waals surface area contributed by atoms with Crippen LogP contribution >= 0.6 is 0 Å². The predicted molar refractivity (Wildman–Crippen MR) is 62.5 cm³/mol. The van der Waals surface area contributed by atoms with Gasteiger partial charge in [-0.15, -0.1) is 0 Å². The maximum Gasteiger partial charge on any atom is 0.158 e. The molecule has 0 aromatic heterocycles. The van der Waals surface area contributed by atoms with E-state index >= 15 is 0 Å². The fourth-order valence-electron chi connectivity index (χ4n) is 2.64. The van der Waals surface area contributed by atoms with Gasteiger partial charge in [-0.3, -0.25) is 0 Å². The largest absolute Gasteiger partial charge is 0.350 e. The van der Waals surface area contributed by atoms with Crippen molar-refractivity contribution >= 4 is 0 Å². The van der Waals surface area contributed by atoms with Crippen molar-refractivity contribution in [2.45, 2.75) is 38.4 Å². The zero-order valence-electron chi connectivity index (χ0n) is 9.58. The molecule has 2 heteroatoms. The third-order valence-corrected chi connectivity index (χ3v) is 3.52. The first-order chi connectivity index (χ1) is 7.92. The van der Waals surface area contributed by atoms with Crippen molar-refractivity contribution in [3.05, 3.63) is 34.9 Å². The normalized spacial score (nSPS) is 20.2. The van der Waals surface area contributed by atoms with Crippen LogP contribution in [-0.2, 0) is 28.7 Å². The Labute approximate surface area is 96.6 Å². The van der Waals surface area contributed by atoms with Gasteiger partial charge in [-0.1, -0.05) is 18.2 Å². The highest BCUT2D eigenvalue weighted by Gasteiger charge is 2.16. The van der Waals surface area contributed by atoms with Gasteiger partial charge in [-0.25, -0.2) is 0 Å². The second-order valence-electron chi connectivity index (χ2n) is 4.67. The van der Waals surface area contributed by atoms with E-state index < -0.39 is 0 Å². The first-order valence-electron chi connectivity index (χ1n) is 6.26. The Morgan fingerprint density at radius 2 is 1.88 bits per heavy atom. The Morgan fingerprint density at radius 1 is 1.06 bits per heavy atom. The number of hydrogen-bond acceptors (Lipinski definition) is 2. The van der Waals surface area contributed by atoms with Gasteiger partial charge in [-0.2, -0.15) is 0 Å². The van der Waals surface area contributed by atoms with Crippen LogP contribution in [0.25, 0.3) is 0 Å². The van der Waals surface area contributed by atoms with Gasteiger partial charge < -0.3 is 9.47 Å². The minimum absolute atomic E-state index is 0.0354. The van der Waals surface area contributed by atoms with Gasteiger partial charge in [0.05, 0.1) is 13.2 Å². The molecule has 1 aromatic rings. The van der Waals surface area contributed by atoms with E-state index in [0.29, 0.717) is 0 Å². The fourth-order valence-corrected chi connectivity index (χ4v) is 2.64. The van der Waals surface area contributed by atoms with Crippen molar-refractivity contribution < 1.29 is 9.47 Å². The number of aryl methyl sites for hydroxylation is 3. The molecule has 86 valence electrons. The van der Waals surface area contributed by atoms with Crippen LogP contribution in [0.4, 0.5) is 0 Å². The zero-order valence-corrected chi connectivity index (χ0v) is 9.58. The first-order valence-corrected chi connectivity index (χ1v) is 6.26. The lowest BCUT2D eigenvalue weighted by Gasteiger charge is -2.09. The molecule has 0 unspecified atom stereocenters. The lowest BCUT2D eigenvalue weighted by molar-refractivity contribution is -0.0462. The second-order valence-corrected chi connectivity index (χ2v) is 4.67. The van der Waals surface area contributed by atoms with Gasteiger partial charge in [0.1, 0.15) is 0 Å². The van der Waals surface area contributed by atoms with Crippen LogP contribution in [0, 0.1) is 0 Å². The van der Waals surface area contributed by atoms with E-state index in [1.165, 1.54) is 24.8 Å². The molecular weight excluding hydrogens is 200 g/mol. The average Bonchev–Trinajstić information content (AvgIpc) is 2.97. The zero-order chi connectivity index (χ0) is 10.8. The maximum absolute atomic E-state index is 5.45. The summed E-state index contributed by atoms with van der Waals surface area (Å²) in [6.07, 6.45) is 5.95. The standard InChI is InChI=1S/C14H18O2/c1-2-12-6-4-11(10-13(12)3-1)5-7-14-15-8-9-16-14/h4,6,10,14H,1-3,5,7-9H2. The molecule has 0 amide bonds. The molecule has 1 aliphatic carbocycles. The molecule has 0 radical (unpaired) electrons. The van der Waals surface area contributed by atoms with Crippen LogP contribution in [0.1, 0.15) is 29.5 Å². The summed E-state index contributed by atoms with van der Waals surface area (Å²) in [5, 5.41) is 0. The maximum atomic E-state index is 5.45. The Balaban J connectivity index is 1.61. The molecule has 1 fully saturated rings. The van der Waals surface area contributed by atoms with Gasteiger partial charge >= 0.3 is 0 Å². The van der Waals surface area contributed by atoms with E-state index in [1.54, 1.807) is 11.1 Å². The van der Waals surface area contributed by atoms with E-state index in [0.717, 1.165) is 26.1 Å². The quantitative estimate of drug-likeness (QED) is 0.776. The molecule has 1 heterocycles. The second kappa shape index (κ2) is 4.56. The summed E-state index contributed by atoms with van der Waals surface area (Å²) >= 11 is 0. The number of benzene rings is 1. The Bertz CT molecular complexity index is 367. The fraction of sp³-hybridized carbons (Fsp3) is 0.571. The van der Waals surface area contributed by atoms with Gasteiger partial charge in [0, 0.05) is 6.42 Å². The molecule has 2 aliphatic rings. The minimum atomic E-state index is 0.0354. The highest BCUT2D eigenvalue weighted by Crippen LogP contribution is 2.23. The minimum Gasteiger partial charge on any atom is -0.350 e. The number of rotatable bonds is 3. The monoisotopic (exact) mass is 218 g/mol. The lowest BCUT2D eigenvalue weighted by Crippen LogP contribution is -2.08. The van der Waals surface area contributed by atoms with Crippen LogP contribution in [0.15, 0.2) is 18.2 Å². The molecule has 0 spiro atoms. The van der Waals surface area contributed by atoms with Crippen molar-refractivity contribution in [1.82, 2.24) is 0 Å². The molecule has 1 saturated heterocycles. The van der Waals surface area contributed by atoms with Crippen molar-refractivity contribution in [1.29, 1.82) is 0 Å². The molecular formula is C14H18O2. The molecule has 0 atom stereocenters. The molecule has 0 saturated carbocycles. The highest BCUT2D eigenvalue weighted by atomic mass is 16.7. The van der Waals surface area contributed by atoms with Crippen molar-refractivity contribution in [2.24, 2.45) is 0 Å². The Hall–Kier alpha value is -0.860. The first kappa shape index (κ1) is 10.3. The Morgan fingerprint density at radius 3 is 2.75 bits per heavy atom. The van der Waals surface area contributed by atoms with Gasteiger partial charge in [-0.05, 0) is 42.4 Å². The number of ether oxygens (including phenoxy) is 2. The summed E-state index contributed by atoms with van der Waals surface area (Å²) in [6.45, 7) is 1.52. The summed E-state index contributed by atoms with van der Waals surface area (Å²) in [5.74, 6) is 0. The number of fused-ring (bicyclic) bond motifs is 1. The van der Waals surface area contributed by atoms with Crippen molar-refractivity contribution in [3.63, 3.8) is 0 Å². The van der Waals surface area contributed by atoms with Crippen LogP contribution < -0.4 is 0 Å². The Kier molecular flexibility index (Phi) is 2.94. The van der Waals surface area contributed by atoms with E-state index in [4.69, 9.17) is 9.47 Å². The van der Waals surface area contributed by atoms with Gasteiger partial charge in [0.25, 0.3) is 0 Å². The van der Waals surface area contributed by atoms with Crippen molar-refractivity contribution in [3.8, 4) is 0 Å². The summed E-state index contributed by atoms with van der Waals surface area (Å²) in [5.41, 5.74) is 4.54. The molecule has 0 bridgehead atoms. The molecule has 0 N–H and O–H groups in total. The molecule has 1 aliphatic heterocycles. The molecule has 3 rings (SSSR count). The van der Waals surface area contributed by atoms with Crippen LogP contribution in [0.5, 0.6) is 0 Å². The van der Waals surface area contributed by atoms with E-state index in [9.17, 15) is 0 Å². The molecule has 2 nitrogen and oxygen atoms in total. The summed E-state index contributed by atoms with van der Waals surface area (Å²) in [7, 11) is 0. The van der Waals surface area contributed by atoms with Gasteiger partial charge in [0.15, 0.2) is 6.29 Å². The smallest absolute Gasteiger partial charge is 0.158 e. The SMILES string of the molecule is c1cc2c(cc1CCC1OCCO1)CCC2. The molecule has 16 heavy (non-hydrogen) atoms. The highest BCUT2D eigenvalue weighted by molar-refractivity contribution is 5.35. The van der Waals surface area contributed by atoms with E-state index in [-0.39, 0.29) is 6.29 Å². The average molecular weight is 218 g/mol. The summed E-state index contributed by atoms with van der Waals surface area (Å²) in [6, 6.07) is 6.93. The van der Waals surface area contributed by atoms with Crippen LogP contribution in [-0.4, -0.2) is 19.5 Å². The molecule has 1 aromatic carbocycles. The topological polar surface area (TPSA) is 18.5 Å².